The molecule has 0 aromatic carbocycles. The lowest BCUT2D eigenvalue weighted by Crippen LogP contribution is -2.08. The van der Waals surface area contributed by atoms with Gasteiger partial charge in [-0.2, -0.15) is 13.2 Å². The van der Waals surface area contributed by atoms with E-state index in [1.807, 2.05) is 0 Å². The highest BCUT2D eigenvalue weighted by atomic mass is 19.4. The molecule has 1 nitrogen and oxygen atoms in total. The number of hydrogen-bond donors (Lipinski definition) is 1. The first kappa shape index (κ1) is 12.8. The third-order valence-electron chi connectivity index (χ3n) is 1.85. The van der Waals surface area contributed by atoms with Gasteiger partial charge in [0.25, 0.3) is 0 Å². The predicted octanol–water partition coefficient (Wildman–Crippen LogP) is 3.30. The van der Waals surface area contributed by atoms with Gasteiger partial charge in [-0.25, -0.2) is 0 Å². The van der Waals surface area contributed by atoms with E-state index >= 15 is 0 Å². The second-order valence-corrected chi connectivity index (χ2v) is 2.94. The molecule has 4 heteroatoms. The van der Waals surface area contributed by atoms with Gasteiger partial charge in [0, 0.05) is 11.3 Å². The third-order valence-corrected chi connectivity index (χ3v) is 1.85. The van der Waals surface area contributed by atoms with Crippen LogP contribution in [0, 0.1) is 0 Å². The molecule has 0 aromatic heterocycles. The number of nitrogens with two attached hydrogens (primary N) is 1. The smallest absolute Gasteiger partial charge is 0.399 e. The van der Waals surface area contributed by atoms with Crippen LogP contribution in [-0.4, -0.2) is 6.18 Å². The normalized spacial score (nSPS) is 16.0. The number of rotatable bonds is 2. The molecule has 0 rings (SSSR count). The van der Waals surface area contributed by atoms with Crippen molar-refractivity contribution < 1.29 is 13.2 Å². The van der Waals surface area contributed by atoms with E-state index in [9.17, 15) is 13.2 Å². The molecular formula is C10H14F3N. The summed E-state index contributed by atoms with van der Waals surface area (Å²) in [6.07, 6.45) is -0.302. The van der Waals surface area contributed by atoms with Crippen LogP contribution >= 0.6 is 0 Å². The van der Waals surface area contributed by atoms with Crippen molar-refractivity contribution in [3.05, 3.63) is 35.1 Å². The Bertz CT molecular complexity index is 282. The second kappa shape index (κ2) is 4.88. The maximum absolute atomic E-state index is 12.0. The van der Waals surface area contributed by atoms with Crippen molar-refractivity contribution >= 4 is 0 Å². The molecule has 14 heavy (non-hydrogen) atoms. The van der Waals surface area contributed by atoms with E-state index in [2.05, 4.69) is 0 Å². The fraction of sp³-hybridized carbons (Fsp3) is 0.400. The van der Waals surface area contributed by atoms with Crippen LogP contribution < -0.4 is 5.73 Å². The van der Waals surface area contributed by atoms with Crippen molar-refractivity contribution in [2.75, 3.05) is 0 Å². The molecule has 80 valence electrons. The molecule has 0 heterocycles. The van der Waals surface area contributed by atoms with Crippen LogP contribution in [0.4, 0.5) is 13.2 Å². The third kappa shape index (κ3) is 4.16. The van der Waals surface area contributed by atoms with Crippen molar-refractivity contribution in [2.24, 2.45) is 5.73 Å². The maximum Gasteiger partial charge on any atom is 0.412 e. The Hall–Kier alpha value is -1.19. The fourth-order valence-corrected chi connectivity index (χ4v) is 0.607. The zero-order valence-corrected chi connectivity index (χ0v) is 8.44. The first-order chi connectivity index (χ1) is 6.29. The largest absolute Gasteiger partial charge is 0.412 e. The SMILES string of the molecule is C\C=C(C)/C(N)=C\C=C(/C)C(F)(F)F. The number of hydrogen-bond acceptors (Lipinski definition) is 1. The van der Waals surface area contributed by atoms with Crippen molar-refractivity contribution in [3.8, 4) is 0 Å². The highest BCUT2D eigenvalue weighted by molar-refractivity contribution is 5.30. The van der Waals surface area contributed by atoms with Crippen LogP contribution in [0.15, 0.2) is 35.1 Å². The Labute approximate surface area is 81.8 Å². The van der Waals surface area contributed by atoms with E-state index < -0.39 is 11.7 Å². The Morgan fingerprint density at radius 1 is 1.14 bits per heavy atom. The topological polar surface area (TPSA) is 26.0 Å². The van der Waals surface area contributed by atoms with Gasteiger partial charge in [-0.3, -0.25) is 0 Å². The molecule has 0 saturated heterocycles. The van der Waals surface area contributed by atoms with Gasteiger partial charge in [-0.05, 0) is 32.4 Å². The predicted molar refractivity (Wildman–Crippen MR) is 51.5 cm³/mol. The molecule has 0 fully saturated rings. The summed E-state index contributed by atoms with van der Waals surface area (Å²) in [6, 6.07) is 0. The molecule has 0 atom stereocenters. The van der Waals surface area contributed by atoms with Crippen LogP contribution in [-0.2, 0) is 0 Å². The first-order valence-electron chi connectivity index (χ1n) is 4.13. The monoisotopic (exact) mass is 205 g/mol. The minimum atomic E-state index is -4.28. The molecule has 0 aliphatic heterocycles. The maximum atomic E-state index is 12.0. The zero-order chi connectivity index (χ0) is 11.4. The lowest BCUT2D eigenvalue weighted by atomic mass is 10.2. The van der Waals surface area contributed by atoms with Crippen molar-refractivity contribution in [1.29, 1.82) is 0 Å². The van der Waals surface area contributed by atoms with Crippen LogP contribution in [0.2, 0.25) is 0 Å². The Morgan fingerprint density at radius 2 is 1.64 bits per heavy atom. The van der Waals surface area contributed by atoms with Crippen molar-refractivity contribution in [1.82, 2.24) is 0 Å². The summed E-state index contributed by atoms with van der Waals surface area (Å²) >= 11 is 0. The summed E-state index contributed by atoms with van der Waals surface area (Å²) in [6.45, 7) is 4.52. The molecule has 0 aliphatic rings. The lowest BCUT2D eigenvalue weighted by molar-refractivity contribution is -0.0912. The molecule has 0 radical (unpaired) electrons. The molecule has 0 spiro atoms. The Kier molecular flexibility index (Phi) is 4.47. The van der Waals surface area contributed by atoms with Crippen LogP contribution in [0.1, 0.15) is 20.8 Å². The molecule has 0 unspecified atom stereocenters. The van der Waals surface area contributed by atoms with E-state index in [-0.39, 0.29) is 0 Å². The summed E-state index contributed by atoms with van der Waals surface area (Å²) in [4.78, 5) is 0. The van der Waals surface area contributed by atoms with Gasteiger partial charge in [-0.15, -0.1) is 0 Å². The zero-order valence-electron chi connectivity index (χ0n) is 8.44. The van der Waals surface area contributed by atoms with Gasteiger partial charge in [0.1, 0.15) is 0 Å². The van der Waals surface area contributed by atoms with Crippen LogP contribution in [0.5, 0.6) is 0 Å². The number of halogens is 3. The van der Waals surface area contributed by atoms with Crippen LogP contribution in [0.25, 0.3) is 0 Å². The summed E-state index contributed by atoms with van der Waals surface area (Å²) < 4.78 is 36.1. The minimum Gasteiger partial charge on any atom is -0.399 e. The molecule has 0 aliphatic carbocycles. The van der Waals surface area contributed by atoms with Gasteiger partial charge in [0.15, 0.2) is 0 Å². The van der Waals surface area contributed by atoms with Gasteiger partial charge < -0.3 is 5.73 Å². The summed E-state index contributed by atoms with van der Waals surface area (Å²) in [5.41, 5.74) is 5.94. The highest BCUT2D eigenvalue weighted by Gasteiger charge is 2.29. The molecule has 0 aromatic rings. The first-order valence-corrected chi connectivity index (χ1v) is 4.13. The minimum absolute atomic E-state index is 0.344. The average Bonchev–Trinajstić information content (AvgIpc) is 2.10. The highest BCUT2D eigenvalue weighted by Crippen LogP contribution is 2.24. The van der Waals surface area contributed by atoms with Gasteiger partial charge in [0.2, 0.25) is 0 Å². The van der Waals surface area contributed by atoms with Crippen LogP contribution in [0.3, 0.4) is 0 Å². The fourth-order valence-electron chi connectivity index (χ4n) is 0.607. The van der Waals surface area contributed by atoms with E-state index in [4.69, 9.17) is 5.73 Å². The molecule has 0 bridgehead atoms. The average molecular weight is 205 g/mol. The van der Waals surface area contributed by atoms with Crippen molar-refractivity contribution in [2.45, 2.75) is 26.9 Å². The summed E-state index contributed by atoms with van der Waals surface area (Å²) in [5, 5.41) is 0. The molecule has 0 saturated carbocycles. The Morgan fingerprint density at radius 3 is 2.00 bits per heavy atom. The molecule has 0 amide bonds. The molecule has 2 N–H and O–H groups in total. The van der Waals surface area contributed by atoms with Gasteiger partial charge in [0.05, 0.1) is 0 Å². The molecular weight excluding hydrogens is 191 g/mol. The summed E-state index contributed by atoms with van der Waals surface area (Å²) in [7, 11) is 0. The number of alkyl halides is 3. The quantitative estimate of drug-likeness (QED) is 0.688. The van der Waals surface area contributed by atoms with Crippen molar-refractivity contribution in [3.63, 3.8) is 0 Å². The van der Waals surface area contributed by atoms with E-state index in [1.165, 1.54) is 6.08 Å². The van der Waals surface area contributed by atoms with E-state index in [0.29, 0.717) is 5.70 Å². The van der Waals surface area contributed by atoms with E-state index in [0.717, 1.165) is 18.6 Å². The van der Waals surface area contributed by atoms with E-state index in [1.54, 1.807) is 19.9 Å². The summed E-state index contributed by atoms with van der Waals surface area (Å²) in [5.74, 6) is 0. The second-order valence-electron chi connectivity index (χ2n) is 2.94. The Balaban J connectivity index is 4.72. The number of allylic oxidation sites excluding steroid dienone is 5. The standard InChI is InChI=1S/C10H14F3N/c1-4-7(2)9(14)6-5-8(3)10(11,12)13/h4-6H,14H2,1-3H3/b7-4-,8-5+,9-6+. The van der Waals surface area contributed by atoms with Gasteiger partial charge in [-0.1, -0.05) is 12.2 Å². The van der Waals surface area contributed by atoms with Gasteiger partial charge >= 0.3 is 6.18 Å². The lowest BCUT2D eigenvalue weighted by Gasteiger charge is -2.05.